The first-order valence-corrected chi connectivity index (χ1v) is 6.91. The lowest BCUT2D eigenvalue weighted by atomic mass is 10.2. The lowest BCUT2D eigenvalue weighted by Gasteiger charge is -2.14. The van der Waals surface area contributed by atoms with Gasteiger partial charge in [0.15, 0.2) is 0 Å². The van der Waals surface area contributed by atoms with Crippen LogP contribution in [-0.2, 0) is 4.79 Å². The quantitative estimate of drug-likeness (QED) is 0.740. The lowest BCUT2D eigenvalue weighted by Crippen LogP contribution is -2.42. The third kappa shape index (κ3) is 4.73. The largest absolute Gasteiger partial charge is 0.496 e. The van der Waals surface area contributed by atoms with Crippen LogP contribution in [-0.4, -0.2) is 30.3 Å². The summed E-state index contributed by atoms with van der Waals surface area (Å²) in [4.78, 5) is 22.7. The van der Waals surface area contributed by atoms with Crippen molar-refractivity contribution in [3.8, 4) is 5.75 Å². The van der Waals surface area contributed by atoms with Gasteiger partial charge in [-0.25, -0.2) is 9.59 Å². The molecular formula is C13H17BrN2O4. The van der Waals surface area contributed by atoms with Gasteiger partial charge in [-0.05, 0) is 40.5 Å². The number of methoxy groups -OCH3 is 1. The van der Waals surface area contributed by atoms with Crippen LogP contribution in [0.1, 0.15) is 19.8 Å². The molecule has 1 rings (SSSR count). The van der Waals surface area contributed by atoms with Gasteiger partial charge < -0.3 is 20.5 Å². The van der Waals surface area contributed by atoms with Crippen LogP contribution in [0.3, 0.4) is 0 Å². The summed E-state index contributed by atoms with van der Waals surface area (Å²) < 4.78 is 5.78. The minimum absolute atomic E-state index is 0.384. The number of aliphatic carboxylic acids is 1. The maximum atomic E-state index is 11.7. The summed E-state index contributed by atoms with van der Waals surface area (Å²) in [6.45, 7) is 1.86. The average molecular weight is 345 g/mol. The molecule has 1 atom stereocenters. The number of benzene rings is 1. The van der Waals surface area contributed by atoms with Gasteiger partial charge in [-0.15, -0.1) is 0 Å². The summed E-state index contributed by atoms with van der Waals surface area (Å²) in [5.41, 5.74) is 0.538. The number of nitrogens with one attached hydrogen (secondary N) is 2. The van der Waals surface area contributed by atoms with E-state index < -0.39 is 18.0 Å². The number of rotatable bonds is 6. The predicted octanol–water partition coefficient (Wildman–Crippen LogP) is 2.83. The SMILES string of the molecule is CCCC(NC(=O)Nc1ccc(OC)c(Br)c1)C(=O)O. The zero-order valence-corrected chi connectivity index (χ0v) is 12.9. The van der Waals surface area contributed by atoms with Crippen molar-refractivity contribution in [3.63, 3.8) is 0 Å². The zero-order chi connectivity index (χ0) is 15.1. The monoisotopic (exact) mass is 344 g/mol. The number of carbonyl (C=O) groups is 2. The Labute approximate surface area is 125 Å². The minimum atomic E-state index is -1.04. The van der Waals surface area contributed by atoms with Crippen molar-refractivity contribution in [3.05, 3.63) is 22.7 Å². The molecule has 0 fully saturated rings. The van der Waals surface area contributed by atoms with Crippen LogP contribution < -0.4 is 15.4 Å². The van der Waals surface area contributed by atoms with E-state index in [1.165, 1.54) is 0 Å². The van der Waals surface area contributed by atoms with Crippen molar-refractivity contribution in [2.75, 3.05) is 12.4 Å². The van der Waals surface area contributed by atoms with Crippen molar-refractivity contribution in [1.82, 2.24) is 5.32 Å². The van der Waals surface area contributed by atoms with Crippen LogP contribution in [0.5, 0.6) is 5.75 Å². The van der Waals surface area contributed by atoms with E-state index in [4.69, 9.17) is 9.84 Å². The minimum Gasteiger partial charge on any atom is -0.496 e. The Bertz CT molecular complexity index is 493. The second-order valence-electron chi connectivity index (χ2n) is 4.13. The molecule has 6 nitrogen and oxygen atoms in total. The molecule has 0 aromatic heterocycles. The average Bonchev–Trinajstić information content (AvgIpc) is 2.38. The maximum absolute atomic E-state index is 11.7. The summed E-state index contributed by atoms with van der Waals surface area (Å²) in [6, 6.07) is 3.59. The number of anilines is 1. The molecule has 0 aliphatic carbocycles. The normalized spacial score (nSPS) is 11.6. The van der Waals surface area contributed by atoms with Gasteiger partial charge in [0.05, 0.1) is 11.6 Å². The highest BCUT2D eigenvalue weighted by Gasteiger charge is 2.18. The van der Waals surface area contributed by atoms with Gasteiger partial charge in [0.1, 0.15) is 11.8 Å². The highest BCUT2D eigenvalue weighted by atomic mass is 79.9. The first-order valence-electron chi connectivity index (χ1n) is 6.11. The van der Waals surface area contributed by atoms with Gasteiger partial charge in [-0.2, -0.15) is 0 Å². The molecule has 0 saturated carbocycles. The predicted molar refractivity (Wildman–Crippen MR) is 79.2 cm³/mol. The Morgan fingerprint density at radius 1 is 1.45 bits per heavy atom. The van der Waals surface area contributed by atoms with Gasteiger partial charge in [0.2, 0.25) is 0 Å². The number of hydrogen-bond acceptors (Lipinski definition) is 3. The van der Waals surface area contributed by atoms with Crippen LogP contribution in [0.25, 0.3) is 0 Å². The van der Waals surface area contributed by atoms with Crippen molar-refractivity contribution in [2.45, 2.75) is 25.8 Å². The molecule has 0 heterocycles. The molecule has 1 aromatic carbocycles. The zero-order valence-electron chi connectivity index (χ0n) is 11.3. The van der Waals surface area contributed by atoms with Crippen molar-refractivity contribution in [2.24, 2.45) is 0 Å². The van der Waals surface area contributed by atoms with Gasteiger partial charge in [0, 0.05) is 5.69 Å². The number of amides is 2. The number of urea groups is 1. The molecule has 3 N–H and O–H groups in total. The van der Waals surface area contributed by atoms with E-state index in [1.54, 1.807) is 25.3 Å². The molecule has 1 aromatic rings. The van der Waals surface area contributed by atoms with Crippen LogP contribution in [0.2, 0.25) is 0 Å². The Kier molecular flexibility index (Phi) is 6.30. The fourth-order valence-electron chi connectivity index (χ4n) is 1.62. The number of hydrogen-bond donors (Lipinski definition) is 3. The Balaban J connectivity index is 2.66. The summed E-state index contributed by atoms with van der Waals surface area (Å²) in [5, 5.41) is 14.0. The lowest BCUT2D eigenvalue weighted by molar-refractivity contribution is -0.139. The van der Waals surface area contributed by atoms with E-state index in [-0.39, 0.29) is 0 Å². The van der Waals surface area contributed by atoms with E-state index in [2.05, 4.69) is 26.6 Å². The summed E-state index contributed by atoms with van der Waals surface area (Å²) in [5.74, 6) is -0.400. The fraction of sp³-hybridized carbons (Fsp3) is 0.385. The Morgan fingerprint density at radius 2 is 2.15 bits per heavy atom. The molecule has 0 saturated heterocycles. The van der Waals surface area contributed by atoms with Crippen LogP contribution in [0, 0.1) is 0 Å². The standard InChI is InChI=1S/C13H17BrN2O4/c1-3-4-10(12(17)18)16-13(19)15-8-5-6-11(20-2)9(14)7-8/h5-7,10H,3-4H2,1-2H3,(H,17,18)(H2,15,16,19). The van der Waals surface area contributed by atoms with Crippen molar-refractivity contribution >= 4 is 33.6 Å². The summed E-state index contributed by atoms with van der Waals surface area (Å²) in [7, 11) is 1.54. The highest BCUT2D eigenvalue weighted by molar-refractivity contribution is 9.10. The topological polar surface area (TPSA) is 87.7 Å². The first-order chi connectivity index (χ1) is 9.47. The van der Waals surface area contributed by atoms with Crippen LogP contribution in [0.4, 0.5) is 10.5 Å². The van der Waals surface area contributed by atoms with E-state index in [0.29, 0.717) is 28.8 Å². The molecule has 0 aliphatic rings. The Hall–Kier alpha value is -1.76. The molecule has 0 bridgehead atoms. The van der Waals surface area contributed by atoms with Gasteiger partial charge in [0.25, 0.3) is 0 Å². The van der Waals surface area contributed by atoms with E-state index in [1.807, 2.05) is 6.92 Å². The maximum Gasteiger partial charge on any atom is 0.326 e. The number of halogens is 1. The summed E-state index contributed by atoms with van der Waals surface area (Å²) >= 11 is 3.31. The third-order valence-electron chi connectivity index (χ3n) is 2.59. The third-order valence-corrected chi connectivity index (χ3v) is 3.21. The van der Waals surface area contributed by atoms with Gasteiger partial charge >= 0.3 is 12.0 Å². The van der Waals surface area contributed by atoms with Gasteiger partial charge in [-0.3, -0.25) is 0 Å². The van der Waals surface area contributed by atoms with Crippen LogP contribution >= 0.6 is 15.9 Å². The molecule has 0 aliphatic heterocycles. The highest BCUT2D eigenvalue weighted by Crippen LogP contribution is 2.27. The van der Waals surface area contributed by atoms with Crippen molar-refractivity contribution in [1.29, 1.82) is 0 Å². The molecule has 0 radical (unpaired) electrons. The number of ether oxygens (including phenoxy) is 1. The second kappa shape index (κ2) is 7.74. The number of carboxylic acids is 1. The van der Waals surface area contributed by atoms with Crippen molar-refractivity contribution < 1.29 is 19.4 Å². The molecule has 7 heteroatoms. The summed E-state index contributed by atoms with van der Waals surface area (Å²) in [6.07, 6.45) is 1.06. The molecule has 0 spiro atoms. The van der Waals surface area contributed by atoms with E-state index in [0.717, 1.165) is 0 Å². The molecule has 20 heavy (non-hydrogen) atoms. The number of carboxylic acid groups (broad SMARTS) is 1. The molecule has 1 unspecified atom stereocenters. The fourth-order valence-corrected chi connectivity index (χ4v) is 2.16. The number of carbonyl (C=O) groups excluding carboxylic acids is 1. The van der Waals surface area contributed by atoms with Crippen LogP contribution in [0.15, 0.2) is 22.7 Å². The molecule has 2 amide bonds. The second-order valence-corrected chi connectivity index (χ2v) is 4.98. The van der Waals surface area contributed by atoms with E-state index in [9.17, 15) is 9.59 Å². The Morgan fingerprint density at radius 3 is 2.65 bits per heavy atom. The smallest absolute Gasteiger partial charge is 0.326 e. The van der Waals surface area contributed by atoms with E-state index >= 15 is 0 Å². The molecular weight excluding hydrogens is 328 g/mol. The first kappa shape index (κ1) is 16.3. The molecule has 110 valence electrons. The van der Waals surface area contributed by atoms with Gasteiger partial charge in [-0.1, -0.05) is 13.3 Å².